The second kappa shape index (κ2) is 18.4. The van der Waals surface area contributed by atoms with E-state index in [2.05, 4.69) is 5.32 Å². The van der Waals surface area contributed by atoms with Gasteiger partial charge >= 0.3 is 5.97 Å². The third-order valence-electron chi connectivity index (χ3n) is 6.85. The second-order valence-electron chi connectivity index (χ2n) is 10.4. The molecule has 0 aliphatic carbocycles. The lowest BCUT2D eigenvalue weighted by atomic mass is 9.90. The molecule has 1 heterocycles. The highest BCUT2D eigenvalue weighted by molar-refractivity contribution is 5.76. The van der Waals surface area contributed by atoms with E-state index in [1.54, 1.807) is 0 Å². The number of ether oxygens (including phenoxy) is 5. The number of methoxy groups -OCH3 is 1. The Kier molecular flexibility index (Phi) is 16.8. The van der Waals surface area contributed by atoms with Crippen molar-refractivity contribution in [2.45, 2.75) is 113 Å². The quantitative estimate of drug-likeness (QED) is 0.0558. The number of carbonyl (C=O) groups excluding carboxylic acids is 1. The first-order valence-electron chi connectivity index (χ1n) is 13.6. The normalized spacial score (nSPS) is 29.0. The Morgan fingerprint density at radius 2 is 1.60 bits per heavy atom. The summed E-state index contributed by atoms with van der Waals surface area (Å²) in [6.45, 7) is 0.367. The Balaban J connectivity index is 3.30. The van der Waals surface area contributed by atoms with Crippen LogP contribution >= 0.6 is 0 Å². The average molecular weight is 634 g/mol. The number of carboxylic acids is 1. The van der Waals surface area contributed by atoms with E-state index in [0.29, 0.717) is 0 Å². The lowest BCUT2D eigenvalue weighted by molar-refractivity contribution is -0.320. The number of aliphatic carboxylic acids is 1. The monoisotopic (exact) mass is 633 g/mol. The van der Waals surface area contributed by atoms with Gasteiger partial charge in [0.25, 0.3) is 5.79 Å². The maximum Gasteiger partial charge on any atom is 0.364 e. The zero-order chi connectivity index (χ0) is 33.1. The summed E-state index contributed by atoms with van der Waals surface area (Å²) < 4.78 is 27.5. The average Bonchev–Trinajstić information content (AvgIpc) is 2.94. The van der Waals surface area contributed by atoms with Crippen LogP contribution in [0.25, 0.3) is 0 Å². The zero-order valence-electron chi connectivity index (χ0n) is 24.5. The number of carbonyl (C=O) groups is 2. The van der Waals surface area contributed by atoms with E-state index in [-0.39, 0.29) is 0 Å². The SMILES string of the molecule is COC(CO)C(OC(OC(CO[C@]1(C(=O)O)C[C@@H](O)C(NC(C)=O)C(C[C@H](O)CO)O1)[C@@H](C)O)[C@@H](O)CO)C(O)C(C)O. The Bertz CT molecular complexity index is 828. The van der Waals surface area contributed by atoms with E-state index < -0.39 is 130 Å². The van der Waals surface area contributed by atoms with Crippen molar-refractivity contribution in [1.82, 2.24) is 5.32 Å². The number of aliphatic hydroxyl groups excluding tert-OH is 9. The van der Waals surface area contributed by atoms with Crippen molar-refractivity contribution in [3.63, 3.8) is 0 Å². The summed E-state index contributed by atoms with van der Waals surface area (Å²) in [4.78, 5) is 24.1. The Morgan fingerprint density at radius 1 is 0.977 bits per heavy atom. The predicted octanol–water partition coefficient (Wildman–Crippen LogP) is -5.24. The summed E-state index contributed by atoms with van der Waals surface area (Å²) in [5.41, 5.74) is 0. The summed E-state index contributed by atoms with van der Waals surface area (Å²) >= 11 is 0. The molecular formula is C25H47NO17. The molecule has 1 amide bonds. The fourth-order valence-electron chi connectivity index (χ4n) is 4.38. The molecule has 1 aliphatic rings. The first-order chi connectivity index (χ1) is 20.1. The van der Waals surface area contributed by atoms with E-state index in [1.807, 2.05) is 0 Å². The Labute approximate surface area is 248 Å². The lowest BCUT2D eigenvalue weighted by Gasteiger charge is -2.45. The Hall–Kier alpha value is -1.62. The van der Waals surface area contributed by atoms with Crippen molar-refractivity contribution in [3.8, 4) is 0 Å². The van der Waals surface area contributed by atoms with E-state index in [0.717, 1.165) is 6.92 Å². The molecule has 18 nitrogen and oxygen atoms in total. The third kappa shape index (κ3) is 11.4. The number of hydrogen-bond donors (Lipinski definition) is 11. The highest BCUT2D eigenvalue weighted by Crippen LogP contribution is 2.34. The zero-order valence-corrected chi connectivity index (χ0v) is 24.5. The molecule has 0 aromatic rings. The van der Waals surface area contributed by atoms with Gasteiger partial charge in [0.15, 0.2) is 6.29 Å². The highest BCUT2D eigenvalue weighted by Gasteiger charge is 2.54. The van der Waals surface area contributed by atoms with Crippen LogP contribution in [-0.4, -0.2) is 176 Å². The van der Waals surface area contributed by atoms with Crippen molar-refractivity contribution < 1.29 is 84.3 Å². The maximum absolute atomic E-state index is 12.4. The number of amides is 1. The van der Waals surface area contributed by atoms with Gasteiger partial charge < -0.3 is 80.1 Å². The highest BCUT2D eigenvalue weighted by atomic mass is 16.7. The molecule has 1 rings (SSSR count). The number of carboxylic acid groups (broad SMARTS) is 1. The Morgan fingerprint density at radius 3 is 2.05 bits per heavy atom. The van der Waals surface area contributed by atoms with E-state index in [9.17, 15) is 60.7 Å². The van der Waals surface area contributed by atoms with Gasteiger partial charge in [-0.2, -0.15) is 0 Å². The summed E-state index contributed by atoms with van der Waals surface area (Å²) in [5.74, 6) is -4.93. The van der Waals surface area contributed by atoms with Crippen LogP contribution in [-0.2, 0) is 33.3 Å². The van der Waals surface area contributed by atoms with E-state index in [1.165, 1.54) is 21.0 Å². The predicted molar refractivity (Wildman–Crippen MR) is 141 cm³/mol. The minimum Gasteiger partial charge on any atom is -0.477 e. The van der Waals surface area contributed by atoms with Gasteiger partial charge in [0, 0.05) is 26.9 Å². The van der Waals surface area contributed by atoms with Crippen molar-refractivity contribution >= 4 is 11.9 Å². The third-order valence-corrected chi connectivity index (χ3v) is 6.85. The van der Waals surface area contributed by atoms with Crippen LogP contribution < -0.4 is 5.32 Å². The molecule has 0 bridgehead atoms. The van der Waals surface area contributed by atoms with Gasteiger partial charge in [-0.1, -0.05) is 0 Å². The minimum absolute atomic E-state index is 0.412. The first-order valence-corrected chi connectivity index (χ1v) is 13.6. The number of rotatable bonds is 20. The van der Waals surface area contributed by atoms with Crippen LogP contribution in [0.2, 0.25) is 0 Å². The summed E-state index contributed by atoms with van der Waals surface area (Å²) in [6.07, 6.45) is -18.1. The van der Waals surface area contributed by atoms with Crippen LogP contribution in [0.1, 0.15) is 33.6 Å². The van der Waals surface area contributed by atoms with Gasteiger partial charge in [-0.05, 0) is 13.8 Å². The smallest absolute Gasteiger partial charge is 0.364 e. The van der Waals surface area contributed by atoms with Gasteiger partial charge in [0.05, 0.1) is 63.0 Å². The van der Waals surface area contributed by atoms with Gasteiger partial charge in [0.1, 0.15) is 30.5 Å². The maximum atomic E-state index is 12.4. The standard InChI is InChI=1S/C25H47NO17/c1-11(30)19(41-23(16(35)8-28)42-22(18(9-29)39-4)21(36)12(2)31)10-40-25(24(37)38)6-15(34)20(26-13(3)32)17(43-25)5-14(33)7-27/h11-12,14-23,27-31,33-36H,5-10H2,1-4H3,(H,26,32)(H,37,38)/t11-,12?,14+,15-,16+,17?,18?,19?,20?,21?,22?,23?,25-/m1/s1. The summed E-state index contributed by atoms with van der Waals surface area (Å²) in [5, 5.41) is 103. The van der Waals surface area contributed by atoms with E-state index >= 15 is 0 Å². The minimum atomic E-state index is -2.61. The fourth-order valence-corrected chi connectivity index (χ4v) is 4.38. The molecule has 254 valence electrons. The van der Waals surface area contributed by atoms with Crippen LogP contribution in [0.4, 0.5) is 0 Å². The van der Waals surface area contributed by atoms with Gasteiger partial charge in [0.2, 0.25) is 5.91 Å². The number of aliphatic hydroxyl groups is 9. The molecule has 43 heavy (non-hydrogen) atoms. The molecule has 0 spiro atoms. The molecule has 11 N–H and O–H groups in total. The largest absolute Gasteiger partial charge is 0.477 e. The molecule has 0 aromatic carbocycles. The lowest BCUT2D eigenvalue weighted by Crippen LogP contribution is -2.64. The van der Waals surface area contributed by atoms with Crippen LogP contribution in [0, 0.1) is 0 Å². The molecule has 13 atom stereocenters. The van der Waals surface area contributed by atoms with Crippen LogP contribution in [0.15, 0.2) is 0 Å². The summed E-state index contributed by atoms with van der Waals surface area (Å²) in [6, 6.07) is -1.19. The van der Waals surface area contributed by atoms with Gasteiger partial charge in [-0.25, -0.2) is 4.79 Å². The molecule has 1 fully saturated rings. The topological polar surface area (TPSA) is 295 Å². The van der Waals surface area contributed by atoms with Crippen molar-refractivity contribution in [1.29, 1.82) is 0 Å². The summed E-state index contributed by atoms with van der Waals surface area (Å²) in [7, 11) is 1.17. The molecule has 18 heteroatoms. The molecule has 0 saturated carbocycles. The second-order valence-corrected chi connectivity index (χ2v) is 10.4. The van der Waals surface area contributed by atoms with Crippen molar-refractivity contribution in [3.05, 3.63) is 0 Å². The number of hydrogen-bond acceptors (Lipinski definition) is 16. The van der Waals surface area contributed by atoms with Crippen LogP contribution in [0.3, 0.4) is 0 Å². The van der Waals surface area contributed by atoms with Gasteiger partial charge in [-0.3, -0.25) is 4.79 Å². The van der Waals surface area contributed by atoms with Gasteiger partial charge in [-0.15, -0.1) is 0 Å². The molecule has 0 radical (unpaired) electrons. The molecule has 1 saturated heterocycles. The van der Waals surface area contributed by atoms with Crippen molar-refractivity contribution in [2.24, 2.45) is 0 Å². The van der Waals surface area contributed by atoms with Crippen LogP contribution in [0.5, 0.6) is 0 Å². The van der Waals surface area contributed by atoms with E-state index in [4.69, 9.17) is 23.7 Å². The molecule has 8 unspecified atom stereocenters. The molecule has 0 aromatic heterocycles. The fraction of sp³-hybridized carbons (Fsp3) is 0.920. The first kappa shape index (κ1) is 39.4. The molecule has 1 aliphatic heterocycles. The van der Waals surface area contributed by atoms with Crippen molar-refractivity contribution in [2.75, 3.05) is 33.5 Å². The molecular weight excluding hydrogens is 586 g/mol. The number of nitrogens with one attached hydrogen (secondary N) is 1.